The number of fused-ring (bicyclic) bond motifs is 1. The summed E-state index contributed by atoms with van der Waals surface area (Å²) in [5.41, 5.74) is 5.19. The summed E-state index contributed by atoms with van der Waals surface area (Å²) < 4.78 is 39.4. The Labute approximate surface area is 111 Å². The van der Waals surface area contributed by atoms with E-state index in [1.54, 1.807) is 30.5 Å². The second-order valence-corrected chi connectivity index (χ2v) is 4.23. The van der Waals surface area contributed by atoms with Crippen LogP contribution in [0.1, 0.15) is 5.69 Å². The lowest BCUT2D eigenvalue weighted by Gasteiger charge is -2.11. The molecule has 3 rings (SSSR count). The zero-order valence-electron chi connectivity index (χ0n) is 10.1. The Bertz CT molecular complexity index is 777. The second kappa shape index (κ2) is 4.22. The van der Waals surface area contributed by atoms with Crippen LogP contribution in [0.2, 0.25) is 0 Å². The molecule has 7 heteroatoms. The minimum Gasteiger partial charge on any atom is -0.383 e. The van der Waals surface area contributed by atoms with Gasteiger partial charge in [-0.1, -0.05) is 6.07 Å². The van der Waals surface area contributed by atoms with Gasteiger partial charge in [0, 0.05) is 11.6 Å². The van der Waals surface area contributed by atoms with E-state index in [1.807, 2.05) is 0 Å². The third-order valence-electron chi connectivity index (χ3n) is 2.96. The predicted octanol–water partition coefficient (Wildman–Crippen LogP) is 3.02. The highest BCUT2D eigenvalue weighted by molar-refractivity contribution is 5.92. The third kappa shape index (κ3) is 1.97. The number of nitrogen functional groups attached to an aromatic ring is 1. The van der Waals surface area contributed by atoms with Crippen molar-refractivity contribution in [2.45, 2.75) is 6.18 Å². The van der Waals surface area contributed by atoms with E-state index in [0.29, 0.717) is 5.39 Å². The van der Waals surface area contributed by atoms with Crippen LogP contribution in [-0.2, 0) is 6.18 Å². The zero-order valence-corrected chi connectivity index (χ0v) is 10.1. The molecule has 0 atom stereocenters. The van der Waals surface area contributed by atoms with Crippen molar-refractivity contribution in [3.8, 4) is 5.69 Å². The van der Waals surface area contributed by atoms with Crippen molar-refractivity contribution in [2.75, 3.05) is 5.73 Å². The van der Waals surface area contributed by atoms with Crippen LogP contribution in [0.15, 0.2) is 42.7 Å². The van der Waals surface area contributed by atoms with Crippen molar-refractivity contribution < 1.29 is 13.2 Å². The van der Waals surface area contributed by atoms with Crippen LogP contribution in [-0.4, -0.2) is 14.8 Å². The summed E-state index contributed by atoms with van der Waals surface area (Å²) in [6, 6.07) is 7.45. The minimum atomic E-state index is -4.47. The van der Waals surface area contributed by atoms with E-state index in [1.165, 1.54) is 0 Å². The van der Waals surface area contributed by atoms with E-state index < -0.39 is 11.9 Å². The van der Waals surface area contributed by atoms with Gasteiger partial charge < -0.3 is 5.73 Å². The highest BCUT2D eigenvalue weighted by Crippen LogP contribution is 2.31. The van der Waals surface area contributed by atoms with Crippen LogP contribution in [0, 0.1) is 0 Å². The number of anilines is 1. The predicted molar refractivity (Wildman–Crippen MR) is 68.3 cm³/mol. The minimum absolute atomic E-state index is 0.269. The van der Waals surface area contributed by atoms with Gasteiger partial charge in [-0.05, 0) is 29.7 Å². The van der Waals surface area contributed by atoms with Crippen molar-refractivity contribution in [3.63, 3.8) is 0 Å². The molecule has 2 aromatic heterocycles. The van der Waals surface area contributed by atoms with E-state index in [9.17, 15) is 13.2 Å². The number of halogens is 3. The van der Waals surface area contributed by atoms with Crippen LogP contribution in [0.4, 0.5) is 19.0 Å². The number of aromatic nitrogens is 3. The van der Waals surface area contributed by atoms with Crippen molar-refractivity contribution in [1.29, 1.82) is 0 Å². The van der Waals surface area contributed by atoms with Gasteiger partial charge in [0.05, 0.1) is 11.9 Å². The van der Waals surface area contributed by atoms with Crippen LogP contribution >= 0.6 is 0 Å². The molecule has 0 aliphatic rings. The molecule has 0 radical (unpaired) electrons. The summed E-state index contributed by atoms with van der Waals surface area (Å²) in [6.07, 6.45) is -1.81. The zero-order chi connectivity index (χ0) is 14.3. The Balaban J connectivity index is 2.21. The standard InChI is InChI=1S/C13H9F3N4/c14-13(15,16)11-4-6-19-20(11)9-2-1-8-3-5-18-12(17)10(8)7-9/h1-7H,(H2,17,18). The smallest absolute Gasteiger partial charge is 0.383 e. The third-order valence-corrected chi connectivity index (χ3v) is 2.96. The fourth-order valence-corrected chi connectivity index (χ4v) is 2.03. The van der Waals surface area contributed by atoms with Gasteiger partial charge in [-0.15, -0.1) is 0 Å². The lowest BCUT2D eigenvalue weighted by atomic mass is 10.1. The maximum Gasteiger partial charge on any atom is 0.433 e. The number of pyridine rings is 1. The molecule has 0 aliphatic carbocycles. The highest BCUT2D eigenvalue weighted by Gasteiger charge is 2.35. The molecule has 0 aliphatic heterocycles. The molecule has 0 fully saturated rings. The molecule has 20 heavy (non-hydrogen) atoms. The molecule has 0 saturated heterocycles. The van der Waals surface area contributed by atoms with Gasteiger partial charge in [0.15, 0.2) is 0 Å². The molecule has 0 amide bonds. The highest BCUT2D eigenvalue weighted by atomic mass is 19.4. The van der Waals surface area contributed by atoms with Crippen LogP contribution in [0.5, 0.6) is 0 Å². The number of alkyl halides is 3. The Morgan fingerprint density at radius 2 is 1.85 bits per heavy atom. The maximum absolute atomic E-state index is 12.9. The van der Waals surface area contributed by atoms with E-state index in [0.717, 1.165) is 22.3 Å². The molecule has 0 unspecified atom stereocenters. The van der Waals surface area contributed by atoms with Crippen LogP contribution in [0.25, 0.3) is 16.5 Å². The molecule has 4 nitrogen and oxygen atoms in total. The van der Waals surface area contributed by atoms with E-state index in [4.69, 9.17) is 5.73 Å². The Hall–Kier alpha value is -2.57. The Morgan fingerprint density at radius 3 is 2.60 bits per heavy atom. The summed E-state index contributed by atoms with van der Waals surface area (Å²) in [5.74, 6) is 0.269. The summed E-state index contributed by atoms with van der Waals surface area (Å²) >= 11 is 0. The van der Waals surface area contributed by atoms with Crippen molar-refractivity contribution in [2.24, 2.45) is 0 Å². The molecular weight excluding hydrogens is 269 g/mol. The fourth-order valence-electron chi connectivity index (χ4n) is 2.03. The van der Waals surface area contributed by atoms with Gasteiger partial charge in [0.25, 0.3) is 0 Å². The average Bonchev–Trinajstić information content (AvgIpc) is 2.88. The first-order chi connectivity index (χ1) is 9.47. The molecular formula is C13H9F3N4. The van der Waals surface area contributed by atoms with Gasteiger partial charge in [0.1, 0.15) is 11.5 Å². The quantitative estimate of drug-likeness (QED) is 0.744. The van der Waals surface area contributed by atoms with Crippen LogP contribution in [0.3, 0.4) is 0 Å². The van der Waals surface area contributed by atoms with E-state index in [2.05, 4.69) is 10.1 Å². The van der Waals surface area contributed by atoms with Crippen molar-refractivity contribution in [3.05, 3.63) is 48.4 Å². The van der Waals surface area contributed by atoms with Gasteiger partial charge in [-0.2, -0.15) is 18.3 Å². The first-order valence-electron chi connectivity index (χ1n) is 5.72. The van der Waals surface area contributed by atoms with Crippen molar-refractivity contribution in [1.82, 2.24) is 14.8 Å². The van der Waals surface area contributed by atoms with Gasteiger partial charge in [-0.3, -0.25) is 0 Å². The summed E-state index contributed by atoms with van der Waals surface area (Å²) in [6.45, 7) is 0. The molecule has 102 valence electrons. The first kappa shape index (κ1) is 12.5. The normalized spacial score (nSPS) is 11.9. The lowest BCUT2D eigenvalue weighted by Crippen LogP contribution is -2.13. The molecule has 0 bridgehead atoms. The summed E-state index contributed by atoms with van der Waals surface area (Å²) in [4.78, 5) is 3.93. The molecule has 1 aromatic carbocycles. The van der Waals surface area contributed by atoms with Gasteiger partial charge in [0.2, 0.25) is 0 Å². The topological polar surface area (TPSA) is 56.7 Å². The van der Waals surface area contributed by atoms with Gasteiger partial charge >= 0.3 is 6.18 Å². The summed E-state index contributed by atoms with van der Waals surface area (Å²) in [7, 11) is 0. The van der Waals surface area contributed by atoms with E-state index in [-0.39, 0.29) is 11.5 Å². The SMILES string of the molecule is Nc1nccc2ccc(-n3nccc3C(F)(F)F)cc12. The number of nitrogens with zero attached hydrogens (tertiary/aromatic N) is 3. The molecule has 0 saturated carbocycles. The molecule has 2 heterocycles. The van der Waals surface area contributed by atoms with Crippen molar-refractivity contribution >= 4 is 16.6 Å². The molecule has 2 N–H and O–H groups in total. The molecule has 0 spiro atoms. The Morgan fingerprint density at radius 1 is 1.05 bits per heavy atom. The first-order valence-corrected chi connectivity index (χ1v) is 5.72. The Kier molecular flexibility index (Phi) is 2.63. The average molecular weight is 278 g/mol. The number of hydrogen-bond acceptors (Lipinski definition) is 3. The van der Waals surface area contributed by atoms with E-state index >= 15 is 0 Å². The van der Waals surface area contributed by atoms with Gasteiger partial charge in [-0.25, -0.2) is 9.67 Å². The number of nitrogens with two attached hydrogens (primary N) is 1. The summed E-state index contributed by atoms with van der Waals surface area (Å²) in [5, 5.41) is 5.12. The monoisotopic (exact) mass is 278 g/mol. The lowest BCUT2D eigenvalue weighted by molar-refractivity contribution is -0.142. The second-order valence-electron chi connectivity index (χ2n) is 4.23. The molecule has 3 aromatic rings. The number of hydrogen-bond donors (Lipinski definition) is 1. The van der Waals surface area contributed by atoms with Crippen LogP contribution < -0.4 is 5.73 Å². The maximum atomic E-state index is 12.9. The number of rotatable bonds is 1. The number of benzene rings is 1. The fraction of sp³-hybridized carbons (Fsp3) is 0.0769. The largest absolute Gasteiger partial charge is 0.433 e.